The number of fused-ring (bicyclic) bond motifs is 2. The zero-order chi connectivity index (χ0) is 14.3. The molecule has 3 rings (SSSR count). The average Bonchev–Trinajstić information content (AvgIpc) is 2.66. The van der Waals surface area contributed by atoms with Gasteiger partial charge in [-0.1, -0.05) is 11.6 Å². The highest BCUT2D eigenvalue weighted by Gasteiger charge is 2.43. The van der Waals surface area contributed by atoms with E-state index in [0.717, 1.165) is 31.9 Å². The van der Waals surface area contributed by atoms with Gasteiger partial charge in [0.2, 0.25) is 10.0 Å². The number of rotatable bonds is 2. The van der Waals surface area contributed by atoms with Crippen LogP contribution in [0.15, 0.2) is 23.1 Å². The van der Waals surface area contributed by atoms with Gasteiger partial charge in [0.25, 0.3) is 0 Å². The lowest BCUT2D eigenvalue weighted by Crippen LogP contribution is -2.42. The van der Waals surface area contributed by atoms with Crippen LogP contribution in [0.5, 0.6) is 0 Å². The average molecular weight is 319 g/mol. The third-order valence-corrected chi connectivity index (χ3v) is 6.52. The van der Waals surface area contributed by atoms with Crippen LogP contribution < -0.4 is 5.32 Å². The molecule has 2 atom stereocenters. The summed E-state index contributed by atoms with van der Waals surface area (Å²) in [4.78, 5) is -0.127. The van der Waals surface area contributed by atoms with E-state index in [4.69, 9.17) is 11.6 Å². The number of benzene rings is 1. The zero-order valence-corrected chi connectivity index (χ0v) is 12.4. The van der Waals surface area contributed by atoms with E-state index >= 15 is 0 Å². The van der Waals surface area contributed by atoms with Gasteiger partial charge in [0.05, 0.1) is 5.02 Å². The lowest BCUT2D eigenvalue weighted by molar-refractivity contribution is 0.334. The SMILES string of the molecule is O=S(=O)(c1cc(F)ccc1Cl)N1C2CCNCC1CC2. The number of hydrogen-bond donors (Lipinski definition) is 1. The Labute approximate surface area is 123 Å². The number of halogens is 2. The van der Waals surface area contributed by atoms with Gasteiger partial charge in [0.1, 0.15) is 10.7 Å². The molecular weight excluding hydrogens is 303 g/mol. The van der Waals surface area contributed by atoms with Crippen LogP contribution in [0.1, 0.15) is 19.3 Å². The Kier molecular flexibility index (Phi) is 3.75. The highest BCUT2D eigenvalue weighted by molar-refractivity contribution is 7.89. The van der Waals surface area contributed by atoms with Crippen LogP contribution in [0.25, 0.3) is 0 Å². The molecule has 20 heavy (non-hydrogen) atoms. The number of nitrogens with zero attached hydrogens (tertiary/aromatic N) is 1. The Hall–Kier alpha value is -0.690. The molecule has 110 valence electrons. The van der Waals surface area contributed by atoms with Crippen molar-refractivity contribution in [1.82, 2.24) is 9.62 Å². The maximum atomic E-state index is 13.4. The van der Waals surface area contributed by atoms with Gasteiger partial charge in [-0.05, 0) is 44.0 Å². The molecule has 0 spiro atoms. The fraction of sp³-hybridized carbons (Fsp3) is 0.538. The standard InChI is InChI=1S/C13H16ClFN2O2S/c14-12-4-1-9(15)7-13(12)20(18,19)17-10-2-3-11(17)8-16-6-5-10/h1,4,7,10-11,16H,2-3,5-6,8H2. The molecule has 2 bridgehead atoms. The molecule has 0 saturated carbocycles. The summed E-state index contributed by atoms with van der Waals surface area (Å²) in [5.41, 5.74) is 0. The van der Waals surface area contributed by atoms with Crippen molar-refractivity contribution in [3.05, 3.63) is 29.0 Å². The first-order valence-corrected chi connectivity index (χ1v) is 8.51. The van der Waals surface area contributed by atoms with Gasteiger partial charge < -0.3 is 5.32 Å². The van der Waals surface area contributed by atoms with Gasteiger partial charge in [-0.25, -0.2) is 12.8 Å². The topological polar surface area (TPSA) is 49.4 Å². The lowest BCUT2D eigenvalue weighted by atomic mass is 10.1. The minimum atomic E-state index is -3.75. The molecule has 4 nitrogen and oxygen atoms in total. The van der Waals surface area contributed by atoms with Crippen molar-refractivity contribution >= 4 is 21.6 Å². The molecule has 7 heteroatoms. The molecule has 1 aromatic carbocycles. The van der Waals surface area contributed by atoms with E-state index in [1.54, 1.807) is 0 Å². The van der Waals surface area contributed by atoms with Crippen molar-refractivity contribution in [2.45, 2.75) is 36.2 Å². The monoisotopic (exact) mass is 318 g/mol. The van der Waals surface area contributed by atoms with E-state index in [1.807, 2.05) is 0 Å². The van der Waals surface area contributed by atoms with Crippen LogP contribution >= 0.6 is 11.6 Å². The maximum Gasteiger partial charge on any atom is 0.245 e. The van der Waals surface area contributed by atoms with Gasteiger partial charge in [-0.3, -0.25) is 0 Å². The lowest BCUT2D eigenvalue weighted by Gasteiger charge is -2.27. The Morgan fingerprint density at radius 2 is 2.00 bits per heavy atom. The van der Waals surface area contributed by atoms with Gasteiger partial charge in [-0.2, -0.15) is 4.31 Å². The van der Waals surface area contributed by atoms with E-state index in [9.17, 15) is 12.8 Å². The van der Waals surface area contributed by atoms with Crippen molar-refractivity contribution in [2.24, 2.45) is 0 Å². The van der Waals surface area contributed by atoms with Crippen molar-refractivity contribution in [1.29, 1.82) is 0 Å². The Bertz CT molecular complexity index is 609. The van der Waals surface area contributed by atoms with Crippen LogP contribution in [-0.4, -0.2) is 37.9 Å². The van der Waals surface area contributed by atoms with Crippen LogP contribution in [0.2, 0.25) is 5.02 Å². The van der Waals surface area contributed by atoms with Gasteiger partial charge in [-0.15, -0.1) is 0 Å². The predicted octanol–water partition coefficient (Wildman–Crippen LogP) is 1.99. The summed E-state index contributed by atoms with van der Waals surface area (Å²) in [6.45, 7) is 1.45. The van der Waals surface area contributed by atoms with E-state index in [-0.39, 0.29) is 22.0 Å². The third kappa shape index (κ3) is 2.35. The van der Waals surface area contributed by atoms with Crippen molar-refractivity contribution in [3.63, 3.8) is 0 Å². The predicted molar refractivity (Wildman–Crippen MR) is 74.7 cm³/mol. The first kappa shape index (κ1) is 14.3. The summed E-state index contributed by atoms with van der Waals surface area (Å²) in [6, 6.07) is 3.39. The molecule has 2 saturated heterocycles. The summed E-state index contributed by atoms with van der Waals surface area (Å²) in [6.07, 6.45) is 2.48. The second-order valence-corrected chi connectivity index (χ2v) is 7.51. The fourth-order valence-electron chi connectivity index (χ4n) is 3.12. The molecule has 0 aromatic heterocycles. The molecule has 0 radical (unpaired) electrons. The highest BCUT2D eigenvalue weighted by Crippen LogP contribution is 2.35. The minimum Gasteiger partial charge on any atom is -0.315 e. The van der Waals surface area contributed by atoms with Crippen LogP contribution in [0.4, 0.5) is 4.39 Å². The molecule has 2 aliphatic heterocycles. The summed E-state index contributed by atoms with van der Waals surface area (Å²) < 4.78 is 40.6. The van der Waals surface area contributed by atoms with Crippen LogP contribution in [0, 0.1) is 5.82 Å². The maximum absolute atomic E-state index is 13.4. The summed E-state index contributed by atoms with van der Waals surface area (Å²) in [7, 11) is -3.75. The van der Waals surface area contributed by atoms with Crippen molar-refractivity contribution < 1.29 is 12.8 Å². The zero-order valence-electron chi connectivity index (χ0n) is 10.9. The van der Waals surface area contributed by atoms with E-state index in [1.165, 1.54) is 16.4 Å². The van der Waals surface area contributed by atoms with Gasteiger partial charge >= 0.3 is 0 Å². The van der Waals surface area contributed by atoms with Crippen molar-refractivity contribution in [3.8, 4) is 0 Å². The first-order valence-electron chi connectivity index (χ1n) is 6.69. The molecule has 2 heterocycles. The molecule has 2 fully saturated rings. The Morgan fingerprint density at radius 3 is 2.80 bits per heavy atom. The molecule has 2 unspecified atom stereocenters. The van der Waals surface area contributed by atoms with E-state index in [0.29, 0.717) is 6.54 Å². The number of sulfonamides is 1. The molecular formula is C13H16ClFN2O2S. The largest absolute Gasteiger partial charge is 0.315 e. The molecule has 0 aliphatic carbocycles. The van der Waals surface area contributed by atoms with Gasteiger partial charge in [0.15, 0.2) is 0 Å². The molecule has 1 N–H and O–H groups in total. The highest BCUT2D eigenvalue weighted by atomic mass is 35.5. The molecule has 1 aromatic rings. The van der Waals surface area contributed by atoms with Crippen molar-refractivity contribution in [2.75, 3.05) is 13.1 Å². The fourth-order valence-corrected chi connectivity index (χ4v) is 5.51. The summed E-state index contributed by atoms with van der Waals surface area (Å²) in [5.74, 6) is -0.590. The Balaban J connectivity index is 2.05. The van der Waals surface area contributed by atoms with E-state index in [2.05, 4.69) is 5.32 Å². The minimum absolute atomic E-state index is 0.0145. The van der Waals surface area contributed by atoms with Gasteiger partial charge in [0, 0.05) is 18.6 Å². The first-order chi connectivity index (χ1) is 9.50. The van der Waals surface area contributed by atoms with E-state index < -0.39 is 15.8 Å². The second kappa shape index (κ2) is 5.26. The molecule has 2 aliphatic rings. The number of hydrogen-bond acceptors (Lipinski definition) is 3. The Morgan fingerprint density at radius 1 is 1.25 bits per heavy atom. The normalized spacial score (nSPS) is 27.5. The second-order valence-electron chi connectivity index (χ2n) is 5.29. The summed E-state index contributed by atoms with van der Waals surface area (Å²) >= 11 is 5.97. The van der Waals surface area contributed by atoms with Crippen LogP contribution in [-0.2, 0) is 10.0 Å². The number of nitrogens with one attached hydrogen (secondary N) is 1. The molecule has 0 amide bonds. The quantitative estimate of drug-likeness (QED) is 0.907. The third-order valence-electron chi connectivity index (χ3n) is 4.04. The summed E-state index contributed by atoms with van der Waals surface area (Å²) in [5, 5.41) is 3.32. The van der Waals surface area contributed by atoms with Crippen LogP contribution in [0.3, 0.4) is 0 Å². The smallest absolute Gasteiger partial charge is 0.245 e.